The maximum Gasteiger partial charge on any atom is 0.248 e. The van der Waals surface area contributed by atoms with Crippen LogP contribution in [0.5, 0.6) is 0 Å². The molecule has 2 aromatic carbocycles. The minimum atomic E-state index is -3.47. The summed E-state index contributed by atoms with van der Waals surface area (Å²) < 4.78 is 37.0. The van der Waals surface area contributed by atoms with Gasteiger partial charge in [-0.2, -0.15) is 0 Å². The number of hydrogen-bond donors (Lipinski definition) is 1. The number of carbonyl (C=O) groups is 1. The van der Waals surface area contributed by atoms with E-state index in [1.54, 1.807) is 18.2 Å². The zero-order chi connectivity index (χ0) is 14.9. The maximum absolute atomic E-state index is 13.5. The highest BCUT2D eigenvalue weighted by Crippen LogP contribution is 2.28. The molecule has 2 N–H and O–H groups in total. The minimum absolute atomic E-state index is 0.0108. The molecule has 104 valence electrons. The zero-order valence-corrected chi connectivity index (χ0v) is 11.4. The van der Waals surface area contributed by atoms with Crippen molar-refractivity contribution in [3.05, 3.63) is 53.8 Å². The van der Waals surface area contributed by atoms with Crippen LogP contribution >= 0.6 is 0 Å². The van der Waals surface area contributed by atoms with Crippen molar-refractivity contribution in [3.8, 4) is 11.1 Å². The van der Waals surface area contributed by atoms with Gasteiger partial charge in [-0.3, -0.25) is 4.79 Å². The van der Waals surface area contributed by atoms with Crippen molar-refractivity contribution in [2.45, 2.75) is 4.90 Å². The number of amides is 1. The van der Waals surface area contributed by atoms with Gasteiger partial charge in [-0.15, -0.1) is 0 Å². The Morgan fingerprint density at radius 3 is 2.40 bits per heavy atom. The molecule has 0 bridgehead atoms. The SMILES string of the molecule is CS(=O)(=O)c1ccccc1-c1cc(F)cc(C(N)=O)c1. The summed E-state index contributed by atoms with van der Waals surface area (Å²) in [5, 5.41) is 0. The molecule has 0 aromatic heterocycles. The Labute approximate surface area is 116 Å². The molecule has 4 nitrogen and oxygen atoms in total. The second kappa shape index (κ2) is 5.05. The van der Waals surface area contributed by atoms with Gasteiger partial charge in [0.15, 0.2) is 9.84 Å². The second-order valence-electron chi connectivity index (χ2n) is 4.36. The number of sulfone groups is 1. The Morgan fingerprint density at radius 1 is 1.15 bits per heavy atom. The monoisotopic (exact) mass is 293 g/mol. The largest absolute Gasteiger partial charge is 0.366 e. The number of carbonyl (C=O) groups excluding carboxylic acids is 1. The van der Waals surface area contributed by atoms with E-state index in [4.69, 9.17) is 5.73 Å². The fourth-order valence-corrected chi connectivity index (χ4v) is 2.83. The first kappa shape index (κ1) is 14.2. The molecule has 0 aliphatic carbocycles. The number of hydrogen-bond acceptors (Lipinski definition) is 3. The highest BCUT2D eigenvalue weighted by atomic mass is 32.2. The molecule has 0 heterocycles. The summed E-state index contributed by atoms with van der Waals surface area (Å²) >= 11 is 0. The lowest BCUT2D eigenvalue weighted by atomic mass is 10.0. The van der Waals surface area contributed by atoms with Crippen molar-refractivity contribution in [1.29, 1.82) is 0 Å². The van der Waals surface area contributed by atoms with E-state index >= 15 is 0 Å². The summed E-state index contributed by atoms with van der Waals surface area (Å²) in [6, 6.07) is 9.74. The van der Waals surface area contributed by atoms with Crippen LogP contribution in [0.15, 0.2) is 47.4 Å². The van der Waals surface area contributed by atoms with E-state index in [1.165, 1.54) is 12.1 Å². The predicted octanol–water partition coefficient (Wildman–Crippen LogP) is 2.00. The molecule has 20 heavy (non-hydrogen) atoms. The lowest BCUT2D eigenvalue weighted by Crippen LogP contribution is -2.11. The summed E-state index contributed by atoms with van der Waals surface area (Å²) in [6.07, 6.45) is 1.07. The molecular formula is C14H12FNO3S. The van der Waals surface area contributed by atoms with Gasteiger partial charge in [-0.05, 0) is 29.8 Å². The van der Waals surface area contributed by atoms with Gasteiger partial charge >= 0.3 is 0 Å². The quantitative estimate of drug-likeness (QED) is 0.940. The lowest BCUT2D eigenvalue weighted by Gasteiger charge is -2.09. The van der Waals surface area contributed by atoms with E-state index in [0.29, 0.717) is 11.1 Å². The summed E-state index contributed by atoms with van der Waals surface area (Å²) in [5.41, 5.74) is 5.74. The molecule has 0 saturated carbocycles. The van der Waals surface area contributed by atoms with Crippen molar-refractivity contribution >= 4 is 15.7 Å². The molecule has 2 rings (SSSR count). The lowest BCUT2D eigenvalue weighted by molar-refractivity contribution is 0.1000. The molecule has 0 fully saturated rings. The van der Waals surface area contributed by atoms with Crippen LogP contribution in [0.2, 0.25) is 0 Å². The molecular weight excluding hydrogens is 281 g/mol. The molecule has 0 atom stereocenters. The number of rotatable bonds is 3. The highest BCUT2D eigenvalue weighted by molar-refractivity contribution is 7.90. The van der Waals surface area contributed by atoms with Crippen LogP contribution in [0, 0.1) is 5.82 Å². The third-order valence-corrected chi connectivity index (χ3v) is 3.93. The third kappa shape index (κ3) is 2.85. The molecule has 0 saturated heterocycles. The van der Waals surface area contributed by atoms with E-state index in [-0.39, 0.29) is 10.5 Å². The first-order valence-electron chi connectivity index (χ1n) is 5.69. The van der Waals surface area contributed by atoms with E-state index in [0.717, 1.165) is 18.4 Å². The van der Waals surface area contributed by atoms with Gasteiger partial charge in [0.05, 0.1) is 4.90 Å². The summed E-state index contributed by atoms with van der Waals surface area (Å²) in [6.45, 7) is 0. The fourth-order valence-electron chi connectivity index (χ4n) is 1.92. The van der Waals surface area contributed by atoms with Crippen molar-refractivity contribution in [2.75, 3.05) is 6.26 Å². The number of nitrogens with two attached hydrogens (primary N) is 1. The van der Waals surface area contributed by atoms with Crippen molar-refractivity contribution < 1.29 is 17.6 Å². The van der Waals surface area contributed by atoms with Gasteiger partial charge in [0.25, 0.3) is 0 Å². The average Bonchev–Trinajstić information content (AvgIpc) is 2.37. The number of primary amides is 1. The van der Waals surface area contributed by atoms with Gasteiger partial charge in [0.2, 0.25) is 5.91 Å². The van der Waals surface area contributed by atoms with E-state index in [9.17, 15) is 17.6 Å². The first-order valence-corrected chi connectivity index (χ1v) is 7.58. The Balaban J connectivity index is 2.73. The highest BCUT2D eigenvalue weighted by Gasteiger charge is 2.15. The van der Waals surface area contributed by atoms with Crippen molar-refractivity contribution in [3.63, 3.8) is 0 Å². The average molecular weight is 293 g/mol. The van der Waals surface area contributed by atoms with Crippen LogP contribution in [0.3, 0.4) is 0 Å². The molecule has 0 radical (unpaired) electrons. The summed E-state index contributed by atoms with van der Waals surface area (Å²) in [5.74, 6) is -1.43. The molecule has 1 amide bonds. The Kier molecular flexibility index (Phi) is 3.59. The van der Waals surface area contributed by atoms with Crippen molar-refractivity contribution in [2.24, 2.45) is 5.73 Å². The Bertz CT molecular complexity index is 785. The van der Waals surface area contributed by atoms with Crippen LogP contribution in [-0.4, -0.2) is 20.6 Å². The van der Waals surface area contributed by atoms with Crippen LogP contribution < -0.4 is 5.73 Å². The normalized spacial score (nSPS) is 11.3. The summed E-state index contributed by atoms with van der Waals surface area (Å²) in [4.78, 5) is 11.2. The van der Waals surface area contributed by atoms with E-state index < -0.39 is 21.6 Å². The van der Waals surface area contributed by atoms with Crippen LogP contribution in [0.4, 0.5) is 4.39 Å². The molecule has 0 aliphatic rings. The maximum atomic E-state index is 13.5. The van der Waals surface area contributed by atoms with Gasteiger partial charge in [-0.1, -0.05) is 18.2 Å². The van der Waals surface area contributed by atoms with Gasteiger partial charge in [0.1, 0.15) is 5.82 Å². The van der Waals surface area contributed by atoms with Crippen LogP contribution in [-0.2, 0) is 9.84 Å². The second-order valence-corrected chi connectivity index (χ2v) is 6.35. The minimum Gasteiger partial charge on any atom is -0.366 e. The van der Waals surface area contributed by atoms with Gasteiger partial charge < -0.3 is 5.73 Å². The topological polar surface area (TPSA) is 77.2 Å². The Morgan fingerprint density at radius 2 is 1.80 bits per heavy atom. The zero-order valence-electron chi connectivity index (χ0n) is 10.6. The molecule has 0 unspecified atom stereocenters. The number of benzene rings is 2. The number of halogens is 1. The molecule has 2 aromatic rings. The molecule has 0 spiro atoms. The first-order chi connectivity index (χ1) is 9.29. The van der Waals surface area contributed by atoms with Crippen molar-refractivity contribution in [1.82, 2.24) is 0 Å². The third-order valence-electron chi connectivity index (χ3n) is 2.78. The van der Waals surface area contributed by atoms with Crippen LogP contribution in [0.25, 0.3) is 11.1 Å². The Hall–Kier alpha value is -2.21. The predicted molar refractivity (Wildman–Crippen MR) is 73.5 cm³/mol. The van der Waals surface area contributed by atoms with Gasteiger partial charge in [-0.25, -0.2) is 12.8 Å². The smallest absolute Gasteiger partial charge is 0.248 e. The van der Waals surface area contributed by atoms with Crippen LogP contribution in [0.1, 0.15) is 10.4 Å². The fraction of sp³-hybridized carbons (Fsp3) is 0.0714. The van der Waals surface area contributed by atoms with Gasteiger partial charge in [0, 0.05) is 17.4 Å². The molecule has 6 heteroatoms. The van der Waals surface area contributed by atoms with E-state index in [2.05, 4.69) is 0 Å². The van der Waals surface area contributed by atoms with E-state index in [1.807, 2.05) is 0 Å². The molecule has 0 aliphatic heterocycles. The summed E-state index contributed by atoms with van der Waals surface area (Å²) in [7, 11) is -3.47. The standard InChI is InChI=1S/C14H12FNO3S/c1-20(18,19)13-5-3-2-4-12(13)9-6-10(14(16)17)8-11(15)7-9/h2-8H,1H3,(H2,16,17).